The number of nitriles is 1. The van der Waals surface area contributed by atoms with Gasteiger partial charge in [0.1, 0.15) is 11.1 Å². The number of amides is 1. The molecule has 1 saturated carbocycles. The standard InChI is InChI=1S/C22H21N3O4S/c1-3-20(27)24-15-8-6-14(7-9-15)19(26)12-29-22(28)16-10-18(13-4-5-13)25-21(30-2)17(16)11-23/h6-10,13H,3-5,12H2,1-2H3,(H,24,27). The van der Waals surface area contributed by atoms with E-state index in [1.807, 2.05) is 6.07 Å². The molecule has 30 heavy (non-hydrogen) atoms. The predicted octanol–water partition coefficient (Wildman–Crippen LogP) is 3.94. The Morgan fingerprint density at radius 1 is 1.27 bits per heavy atom. The van der Waals surface area contributed by atoms with Gasteiger partial charge in [0.25, 0.3) is 0 Å². The maximum absolute atomic E-state index is 12.6. The Bertz CT molecular complexity index is 1020. The van der Waals surface area contributed by atoms with E-state index in [0.717, 1.165) is 18.5 Å². The van der Waals surface area contributed by atoms with Gasteiger partial charge in [0, 0.05) is 29.3 Å². The van der Waals surface area contributed by atoms with Crippen molar-refractivity contribution in [2.45, 2.75) is 37.1 Å². The van der Waals surface area contributed by atoms with Crippen LogP contribution in [0, 0.1) is 11.3 Å². The monoisotopic (exact) mass is 423 g/mol. The van der Waals surface area contributed by atoms with E-state index in [4.69, 9.17) is 4.74 Å². The second-order valence-corrected chi connectivity index (χ2v) is 7.64. The van der Waals surface area contributed by atoms with Gasteiger partial charge < -0.3 is 10.1 Å². The van der Waals surface area contributed by atoms with Crippen molar-refractivity contribution < 1.29 is 19.1 Å². The lowest BCUT2D eigenvalue weighted by Gasteiger charge is -2.10. The SMILES string of the molecule is CCC(=O)Nc1ccc(C(=O)COC(=O)c2cc(C3CC3)nc(SC)c2C#N)cc1. The fraction of sp³-hybridized carbons (Fsp3) is 0.318. The molecular weight excluding hydrogens is 402 g/mol. The molecule has 0 aliphatic heterocycles. The summed E-state index contributed by atoms with van der Waals surface area (Å²) in [5.41, 5.74) is 2.03. The van der Waals surface area contributed by atoms with E-state index in [0.29, 0.717) is 28.6 Å². The molecule has 154 valence electrons. The van der Waals surface area contributed by atoms with E-state index >= 15 is 0 Å². The fourth-order valence-electron chi connectivity index (χ4n) is 2.83. The van der Waals surface area contributed by atoms with Crippen LogP contribution in [0.5, 0.6) is 0 Å². The number of ether oxygens (including phenoxy) is 1. The largest absolute Gasteiger partial charge is 0.454 e. The van der Waals surface area contributed by atoms with Crippen molar-refractivity contribution in [2.24, 2.45) is 0 Å². The molecule has 1 aliphatic rings. The molecule has 0 atom stereocenters. The summed E-state index contributed by atoms with van der Waals surface area (Å²) in [6.07, 6.45) is 4.17. The number of anilines is 1. The fourth-order valence-corrected chi connectivity index (χ4v) is 3.38. The van der Waals surface area contributed by atoms with Crippen LogP contribution in [-0.4, -0.2) is 35.5 Å². The molecule has 1 heterocycles. The summed E-state index contributed by atoms with van der Waals surface area (Å²) < 4.78 is 5.21. The maximum atomic E-state index is 12.6. The minimum Gasteiger partial charge on any atom is -0.454 e. The number of hydrogen-bond donors (Lipinski definition) is 1. The summed E-state index contributed by atoms with van der Waals surface area (Å²) in [6.45, 7) is 1.30. The first-order valence-corrected chi connectivity index (χ1v) is 10.8. The summed E-state index contributed by atoms with van der Waals surface area (Å²) in [7, 11) is 0. The second kappa shape index (κ2) is 9.55. The Labute approximate surface area is 178 Å². The van der Waals surface area contributed by atoms with Crippen LogP contribution in [-0.2, 0) is 9.53 Å². The van der Waals surface area contributed by atoms with Crippen LogP contribution in [0.2, 0.25) is 0 Å². The zero-order valence-corrected chi connectivity index (χ0v) is 17.5. The Kier molecular flexibility index (Phi) is 6.85. The quantitative estimate of drug-likeness (QED) is 0.389. The molecule has 0 bridgehead atoms. The number of nitrogens with one attached hydrogen (secondary N) is 1. The molecular formula is C22H21N3O4S. The van der Waals surface area contributed by atoms with Crippen molar-refractivity contribution in [1.29, 1.82) is 5.26 Å². The number of benzene rings is 1. The predicted molar refractivity (Wildman–Crippen MR) is 113 cm³/mol. The lowest BCUT2D eigenvalue weighted by Crippen LogP contribution is -2.16. The molecule has 1 aromatic heterocycles. The molecule has 0 unspecified atom stereocenters. The molecule has 0 saturated heterocycles. The number of nitrogens with zero attached hydrogens (tertiary/aromatic N) is 2. The zero-order valence-electron chi connectivity index (χ0n) is 16.7. The van der Waals surface area contributed by atoms with Crippen LogP contribution in [0.15, 0.2) is 35.4 Å². The highest BCUT2D eigenvalue weighted by Gasteiger charge is 2.29. The van der Waals surface area contributed by atoms with Gasteiger partial charge in [-0.3, -0.25) is 9.59 Å². The first-order valence-electron chi connectivity index (χ1n) is 9.56. The highest BCUT2D eigenvalue weighted by Crippen LogP contribution is 2.40. The number of hydrogen-bond acceptors (Lipinski definition) is 7. The number of carbonyl (C=O) groups excluding carboxylic acids is 3. The molecule has 0 spiro atoms. The lowest BCUT2D eigenvalue weighted by atomic mass is 10.1. The minimum absolute atomic E-state index is 0.121. The van der Waals surface area contributed by atoms with E-state index in [1.54, 1.807) is 43.5 Å². The Morgan fingerprint density at radius 3 is 2.53 bits per heavy atom. The average molecular weight is 423 g/mol. The number of carbonyl (C=O) groups is 3. The third-order valence-corrected chi connectivity index (χ3v) is 5.35. The summed E-state index contributed by atoms with van der Waals surface area (Å²) in [5.74, 6) is -0.907. The van der Waals surface area contributed by atoms with Gasteiger partial charge in [0.2, 0.25) is 5.91 Å². The number of thioether (sulfide) groups is 1. The topological polar surface area (TPSA) is 109 Å². The number of aromatic nitrogens is 1. The number of Topliss-reactive ketones (excluding diaryl/α,β-unsaturated/α-hetero) is 1. The minimum atomic E-state index is -0.716. The van der Waals surface area contributed by atoms with Crippen LogP contribution in [0.4, 0.5) is 5.69 Å². The van der Waals surface area contributed by atoms with Crippen molar-refractivity contribution in [3.05, 3.63) is 52.7 Å². The van der Waals surface area contributed by atoms with Gasteiger partial charge in [0.15, 0.2) is 12.4 Å². The van der Waals surface area contributed by atoms with Crippen LogP contribution < -0.4 is 5.32 Å². The number of esters is 1. The Morgan fingerprint density at radius 2 is 1.97 bits per heavy atom. The van der Waals surface area contributed by atoms with Crippen LogP contribution in [0.25, 0.3) is 0 Å². The van der Waals surface area contributed by atoms with E-state index in [9.17, 15) is 19.6 Å². The Hall–Kier alpha value is -3.18. The molecule has 2 aromatic rings. The van der Waals surface area contributed by atoms with Gasteiger partial charge in [-0.2, -0.15) is 5.26 Å². The van der Waals surface area contributed by atoms with Gasteiger partial charge in [-0.05, 0) is 49.4 Å². The van der Waals surface area contributed by atoms with Crippen LogP contribution >= 0.6 is 11.8 Å². The van der Waals surface area contributed by atoms with E-state index in [-0.39, 0.29) is 22.8 Å². The highest BCUT2D eigenvalue weighted by atomic mass is 32.2. The molecule has 1 fully saturated rings. The molecule has 1 aromatic carbocycles. The summed E-state index contributed by atoms with van der Waals surface area (Å²) in [5, 5.41) is 12.7. The van der Waals surface area contributed by atoms with Crippen molar-refractivity contribution >= 4 is 35.1 Å². The zero-order chi connectivity index (χ0) is 21.7. The normalized spacial score (nSPS) is 12.7. The van der Waals surface area contributed by atoms with Gasteiger partial charge in [0.05, 0.1) is 11.1 Å². The van der Waals surface area contributed by atoms with Crippen molar-refractivity contribution in [2.75, 3.05) is 18.2 Å². The van der Waals surface area contributed by atoms with Crippen LogP contribution in [0.3, 0.4) is 0 Å². The lowest BCUT2D eigenvalue weighted by molar-refractivity contribution is -0.115. The number of pyridine rings is 1. The molecule has 7 nitrogen and oxygen atoms in total. The van der Waals surface area contributed by atoms with Crippen LogP contribution in [0.1, 0.15) is 64.1 Å². The first kappa shape index (κ1) is 21.5. The highest BCUT2D eigenvalue weighted by molar-refractivity contribution is 7.98. The van der Waals surface area contributed by atoms with E-state index in [1.165, 1.54) is 11.8 Å². The molecule has 1 amide bonds. The van der Waals surface area contributed by atoms with E-state index in [2.05, 4.69) is 10.3 Å². The molecule has 8 heteroatoms. The third-order valence-electron chi connectivity index (χ3n) is 4.67. The summed E-state index contributed by atoms with van der Waals surface area (Å²) >= 11 is 1.30. The van der Waals surface area contributed by atoms with Gasteiger partial charge in [-0.25, -0.2) is 9.78 Å². The summed E-state index contributed by atoms with van der Waals surface area (Å²) in [4.78, 5) is 40.9. The second-order valence-electron chi connectivity index (χ2n) is 6.84. The molecule has 3 rings (SSSR count). The Balaban J connectivity index is 1.69. The molecule has 1 aliphatic carbocycles. The molecule has 1 N–H and O–H groups in total. The van der Waals surface area contributed by atoms with Gasteiger partial charge in [-0.15, -0.1) is 11.8 Å². The van der Waals surface area contributed by atoms with Gasteiger partial charge in [-0.1, -0.05) is 6.92 Å². The summed E-state index contributed by atoms with van der Waals surface area (Å²) in [6, 6.07) is 9.99. The van der Waals surface area contributed by atoms with Gasteiger partial charge >= 0.3 is 5.97 Å². The number of ketones is 1. The number of rotatable bonds is 8. The van der Waals surface area contributed by atoms with E-state index < -0.39 is 12.6 Å². The average Bonchev–Trinajstić information content (AvgIpc) is 3.62. The molecule has 0 radical (unpaired) electrons. The third kappa shape index (κ3) is 5.05. The van der Waals surface area contributed by atoms with Crippen molar-refractivity contribution in [1.82, 2.24) is 4.98 Å². The van der Waals surface area contributed by atoms with Crippen molar-refractivity contribution in [3.8, 4) is 6.07 Å². The van der Waals surface area contributed by atoms with Crippen molar-refractivity contribution in [3.63, 3.8) is 0 Å². The first-order chi connectivity index (χ1) is 14.5. The maximum Gasteiger partial charge on any atom is 0.340 e. The smallest absolute Gasteiger partial charge is 0.340 e.